The van der Waals surface area contributed by atoms with Gasteiger partial charge in [0.25, 0.3) is 5.56 Å². The van der Waals surface area contributed by atoms with E-state index in [0.717, 1.165) is 10.4 Å². The van der Waals surface area contributed by atoms with Crippen molar-refractivity contribution in [3.63, 3.8) is 0 Å². The minimum absolute atomic E-state index is 0.234. The molecule has 1 aromatic carbocycles. The fraction of sp³-hybridized carbons (Fsp3) is 0.316. The van der Waals surface area contributed by atoms with E-state index in [9.17, 15) is 9.59 Å². The van der Waals surface area contributed by atoms with Crippen molar-refractivity contribution in [2.45, 2.75) is 26.9 Å². The van der Waals surface area contributed by atoms with E-state index in [-0.39, 0.29) is 11.1 Å². The number of carbonyl (C=O) groups is 1. The van der Waals surface area contributed by atoms with Gasteiger partial charge in [-0.25, -0.2) is 9.78 Å². The second-order valence-electron chi connectivity index (χ2n) is 6.03. The first-order valence-corrected chi connectivity index (χ1v) is 9.10. The van der Waals surface area contributed by atoms with E-state index in [1.807, 2.05) is 13.8 Å². The fourth-order valence-electron chi connectivity index (χ4n) is 2.71. The number of benzene rings is 1. The minimum atomic E-state index is -0.732. The Hall–Kier alpha value is -2.87. The van der Waals surface area contributed by atoms with Crippen LogP contribution in [0.4, 0.5) is 0 Å². The van der Waals surface area contributed by atoms with Crippen LogP contribution >= 0.6 is 11.3 Å². The first-order chi connectivity index (χ1) is 12.8. The smallest absolute Gasteiger partial charge is 0.342 e. The van der Waals surface area contributed by atoms with Crippen LogP contribution in [0.3, 0.4) is 0 Å². The van der Waals surface area contributed by atoms with E-state index >= 15 is 0 Å². The Morgan fingerprint density at radius 3 is 2.63 bits per heavy atom. The molecule has 0 radical (unpaired) electrons. The molecule has 27 heavy (non-hydrogen) atoms. The van der Waals surface area contributed by atoms with Gasteiger partial charge < -0.3 is 19.2 Å². The highest BCUT2D eigenvalue weighted by Crippen LogP contribution is 2.29. The topological polar surface area (TPSA) is 90.5 Å². The number of rotatable bonds is 5. The van der Waals surface area contributed by atoms with Gasteiger partial charge in [-0.3, -0.25) is 4.79 Å². The van der Waals surface area contributed by atoms with E-state index in [1.165, 1.54) is 25.6 Å². The number of hydrogen-bond acceptors (Lipinski definition) is 7. The number of hydrogen-bond donors (Lipinski definition) is 1. The molecule has 7 nitrogen and oxygen atoms in total. The molecule has 2 heterocycles. The predicted molar refractivity (Wildman–Crippen MR) is 103 cm³/mol. The molecule has 3 aromatic rings. The molecule has 2 aromatic heterocycles. The maximum atomic E-state index is 12.6. The van der Waals surface area contributed by atoms with Crippen molar-refractivity contribution in [1.29, 1.82) is 0 Å². The van der Waals surface area contributed by atoms with Gasteiger partial charge >= 0.3 is 5.97 Å². The van der Waals surface area contributed by atoms with Crippen molar-refractivity contribution >= 4 is 27.5 Å². The van der Waals surface area contributed by atoms with Crippen LogP contribution in [-0.4, -0.2) is 30.2 Å². The van der Waals surface area contributed by atoms with Crippen molar-refractivity contribution in [3.05, 3.63) is 50.4 Å². The first kappa shape index (κ1) is 18.9. The zero-order valence-corrected chi connectivity index (χ0v) is 16.5. The Bertz CT molecular complexity index is 1070. The van der Waals surface area contributed by atoms with Crippen LogP contribution in [0.5, 0.6) is 11.5 Å². The van der Waals surface area contributed by atoms with Crippen molar-refractivity contribution in [2.24, 2.45) is 0 Å². The molecule has 0 fully saturated rings. The van der Waals surface area contributed by atoms with Crippen LogP contribution in [0.2, 0.25) is 0 Å². The molecule has 0 saturated carbocycles. The average molecular weight is 388 g/mol. The van der Waals surface area contributed by atoms with E-state index in [1.54, 1.807) is 25.1 Å². The highest BCUT2D eigenvalue weighted by molar-refractivity contribution is 7.18. The van der Waals surface area contributed by atoms with Crippen LogP contribution in [0.15, 0.2) is 23.0 Å². The Labute approximate surface area is 159 Å². The van der Waals surface area contributed by atoms with Gasteiger partial charge in [-0.2, -0.15) is 0 Å². The van der Waals surface area contributed by atoms with Gasteiger partial charge in [0.1, 0.15) is 21.9 Å². The number of aromatic nitrogens is 2. The Morgan fingerprint density at radius 1 is 1.22 bits per heavy atom. The summed E-state index contributed by atoms with van der Waals surface area (Å²) < 4.78 is 15.9. The molecule has 0 aliphatic rings. The highest BCUT2D eigenvalue weighted by Gasteiger charge is 2.21. The Kier molecular flexibility index (Phi) is 5.18. The molecule has 1 unspecified atom stereocenters. The molecular weight excluding hydrogens is 368 g/mol. The van der Waals surface area contributed by atoms with Crippen molar-refractivity contribution in [3.8, 4) is 11.5 Å². The summed E-state index contributed by atoms with van der Waals surface area (Å²) >= 11 is 1.44. The standard InChI is InChI=1S/C19H20N2O5S/c1-9-11(3)27-18-15(9)17(22)20-16(21-18)10(2)26-19(23)13-7-6-12(24-4)8-14(13)25-5/h6-8,10H,1-5H3,(H,20,21,22). The lowest BCUT2D eigenvalue weighted by molar-refractivity contribution is 0.0316. The number of carbonyl (C=O) groups excluding carboxylic acids is 1. The fourth-order valence-corrected chi connectivity index (χ4v) is 3.75. The van der Waals surface area contributed by atoms with Crippen LogP contribution in [0, 0.1) is 13.8 Å². The molecule has 0 amide bonds. The van der Waals surface area contributed by atoms with Crippen molar-refractivity contribution < 1.29 is 19.0 Å². The summed E-state index contributed by atoms with van der Waals surface area (Å²) in [5.41, 5.74) is 0.945. The van der Waals surface area contributed by atoms with Gasteiger partial charge in [-0.05, 0) is 38.5 Å². The van der Waals surface area contributed by atoms with Crippen LogP contribution in [0.1, 0.15) is 39.7 Å². The number of ether oxygens (including phenoxy) is 3. The van der Waals surface area contributed by atoms with Gasteiger partial charge in [0, 0.05) is 10.9 Å². The van der Waals surface area contributed by atoms with Gasteiger partial charge in [0.15, 0.2) is 11.9 Å². The number of thiophene rings is 1. The third kappa shape index (κ3) is 3.52. The third-order valence-corrected chi connectivity index (χ3v) is 5.46. The lowest BCUT2D eigenvalue weighted by Gasteiger charge is -2.14. The van der Waals surface area contributed by atoms with Gasteiger partial charge in [-0.15, -0.1) is 11.3 Å². The largest absolute Gasteiger partial charge is 0.497 e. The number of aryl methyl sites for hydroxylation is 2. The molecule has 8 heteroatoms. The summed E-state index contributed by atoms with van der Waals surface area (Å²) in [6.45, 7) is 5.50. The molecule has 0 aliphatic carbocycles. The second kappa shape index (κ2) is 7.40. The molecular formula is C19H20N2O5S. The predicted octanol–water partition coefficient (Wildman–Crippen LogP) is 3.54. The zero-order valence-electron chi connectivity index (χ0n) is 15.7. The number of H-pyrrole nitrogens is 1. The normalized spacial score (nSPS) is 12.0. The van der Waals surface area contributed by atoms with E-state index in [4.69, 9.17) is 14.2 Å². The molecule has 0 aliphatic heterocycles. The number of nitrogens with zero attached hydrogens (tertiary/aromatic N) is 1. The molecule has 3 rings (SSSR count). The number of aromatic amines is 1. The number of fused-ring (bicyclic) bond motifs is 1. The lowest BCUT2D eigenvalue weighted by atomic mass is 10.2. The van der Waals surface area contributed by atoms with E-state index in [0.29, 0.717) is 27.5 Å². The van der Waals surface area contributed by atoms with Crippen LogP contribution in [0.25, 0.3) is 10.2 Å². The molecule has 142 valence electrons. The number of esters is 1. The maximum Gasteiger partial charge on any atom is 0.342 e. The first-order valence-electron chi connectivity index (χ1n) is 8.28. The van der Waals surface area contributed by atoms with Gasteiger partial charge in [0.2, 0.25) is 0 Å². The number of methoxy groups -OCH3 is 2. The summed E-state index contributed by atoms with van der Waals surface area (Å²) in [6.07, 6.45) is -0.732. The second-order valence-corrected chi connectivity index (χ2v) is 7.23. The van der Waals surface area contributed by atoms with Crippen LogP contribution < -0.4 is 15.0 Å². The summed E-state index contributed by atoms with van der Waals surface area (Å²) in [7, 11) is 2.99. The third-order valence-electron chi connectivity index (χ3n) is 4.35. The molecule has 1 N–H and O–H groups in total. The summed E-state index contributed by atoms with van der Waals surface area (Å²) in [5, 5.41) is 0.580. The molecule has 0 spiro atoms. The highest BCUT2D eigenvalue weighted by atomic mass is 32.1. The van der Waals surface area contributed by atoms with E-state index < -0.39 is 12.1 Å². The summed E-state index contributed by atoms with van der Waals surface area (Å²) in [6, 6.07) is 4.82. The molecule has 1 atom stereocenters. The van der Waals surface area contributed by atoms with Crippen molar-refractivity contribution in [1.82, 2.24) is 9.97 Å². The molecule has 0 saturated heterocycles. The average Bonchev–Trinajstić information content (AvgIpc) is 2.95. The molecule has 0 bridgehead atoms. The Morgan fingerprint density at radius 2 is 1.96 bits per heavy atom. The maximum absolute atomic E-state index is 12.6. The van der Waals surface area contributed by atoms with E-state index in [2.05, 4.69) is 9.97 Å². The minimum Gasteiger partial charge on any atom is -0.497 e. The van der Waals surface area contributed by atoms with Crippen molar-refractivity contribution in [2.75, 3.05) is 14.2 Å². The zero-order chi connectivity index (χ0) is 19.7. The Balaban J connectivity index is 1.89. The lowest BCUT2D eigenvalue weighted by Crippen LogP contribution is -2.17. The van der Waals surface area contributed by atoms with Crippen LogP contribution in [-0.2, 0) is 4.74 Å². The SMILES string of the molecule is COc1ccc(C(=O)OC(C)c2nc3sc(C)c(C)c3c(=O)[nH]2)c(OC)c1. The quantitative estimate of drug-likeness (QED) is 0.673. The van der Waals surface area contributed by atoms with Gasteiger partial charge in [-0.1, -0.05) is 0 Å². The summed E-state index contributed by atoms with van der Waals surface area (Å²) in [5.74, 6) is 0.627. The summed E-state index contributed by atoms with van der Waals surface area (Å²) in [4.78, 5) is 33.8. The van der Waals surface area contributed by atoms with Gasteiger partial charge in [0.05, 0.1) is 19.6 Å². The monoisotopic (exact) mass is 388 g/mol. The number of nitrogens with one attached hydrogen (secondary N) is 1.